The van der Waals surface area contributed by atoms with Gasteiger partial charge in [0, 0.05) is 4.88 Å². The topological polar surface area (TPSA) is 26.0 Å². The van der Waals surface area contributed by atoms with Gasteiger partial charge in [-0.05, 0) is 24.9 Å². The fourth-order valence-corrected chi connectivity index (χ4v) is 1.17. The van der Waals surface area contributed by atoms with E-state index in [0.717, 1.165) is 0 Å². The van der Waals surface area contributed by atoms with Crippen LogP contribution in [0.5, 0.6) is 0 Å². The second kappa shape index (κ2) is 5.79. The molecule has 0 saturated carbocycles. The first-order valence-corrected chi connectivity index (χ1v) is 3.91. The molecule has 1 nitrogen and oxygen atoms in total. The van der Waals surface area contributed by atoms with Crippen LogP contribution in [0.2, 0.25) is 0 Å². The zero-order valence-electron chi connectivity index (χ0n) is 5.92. The fourth-order valence-electron chi connectivity index (χ4n) is 0.514. The molecule has 2 N–H and O–H groups in total. The number of rotatable bonds is 1. The molecule has 1 heterocycles. The first-order valence-electron chi connectivity index (χ1n) is 3.03. The van der Waals surface area contributed by atoms with E-state index in [1.807, 2.05) is 11.3 Å². The number of aryl methyl sites for hydroxylation is 1. The van der Waals surface area contributed by atoms with Crippen molar-refractivity contribution in [2.24, 2.45) is 5.73 Å². The van der Waals surface area contributed by atoms with Gasteiger partial charge in [-0.25, -0.2) is 0 Å². The molecule has 0 aliphatic heterocycles. The van der Waals surface area contributed by atoms with Gasteiger partial charge in [0.25, 0.3) is 0 Å². The highest BCUT2D eigenvalue weighted by Gasteiger charge is 1.82. The Hall–Kier alpha value is -0.340. The van der Waals surface area contributed by atoms with Gasteiger partial charge in [0.1, 0.15) is 0 Å². The van der Waals surface area contributed by atoms with Crippen LogP contribution in [-0.2, 0) is 6.42 Å². The van der Waals surface area contributed by atoms with Crippen molar-refractivity contribution in [2.75, 3.05) is 7.05 Å². The summed E-state index contributed by atoms with van der Waals surface area (Å²) in [6.45, 7) is 2.17. The van der Waals surface area contributed by atoms with Crippen molar-refractivity contribution >= 4 is 11.3 Å². The summed E-state index contributed by atoms with van der Waals surface area (Å²) in [6.07, 6.45) is 1.18. The smallest absolute Gasteiger partial charge is 0.00424 e. The lowest BCUT2D eigenvalue weighted by atomic mass is 10.4. The van der Waals surface area contributed by atoms with Crippen LogP contribution < -0.4 is 5.73 Å². The van der Waals surface area contributed by atoms with Crippen LogP contribution in [0.1, 0.15) is 11.8 Å². The summed E-state index contributed by atoms with van der Waals surface area (Å²) >= 11 is 1.82. The lowest BCUT2D eigenvalue weighted by Crippen LogP contribution is -1.69. The van der Waals surface area contributed by atoms with Crippen LogP contribution in [-0.4, -0.2) is 7.05 Å². The molecule has 52 valence electrons. The largest absolute Gasteiger partial charge is 0.333 e. The molecule has 0 spiro atoms. The molecule has 1 aromatic heterocycles. The van der Waals surface area contributed by atoms with Gasteiger partial charge >= 0.3 is 0 Å². The first-order chi connectivity index (χ1) is 4.43. The third-order valence-electron chi connectivity index (χ3n) is 0.929. The fraction of sp³-hybridized carbons (Fsp3) is 0.429. The van der Waals surface area contributed by atoms with Crippen molar-refractivity contribution in [2.45, 2.75) is 13.3 Å². The maximum absolute atomic E-state index is 4.50. The molecule has 0 aromatic carbocycles. The monoisotopic (exact) mass is 143 g/mol. The van der Waals surface area contributed by atoms with Crippen molar-refractivity contribution in [3.63, 3.8) is 0 Å². The van der Waals surface area contributed by atoms with E-state index < -0.39 is 0 Å². The summed E-state index contributed by atoms with van der Waals surface area (Å²) in [5, 5.41) is 2.11. The second-order valence-corrected chi connectivity index (χ2v) is 2.47. The van der Waals surface area contributed by atoms with Crippen LogP contribution in [0.4, 0.5) is 0 Å². The van der Waals surface area contributed by atoms with Gasteiger partial charge in [0.2, 0.25) is 0 Å². The van der Waals surface area contributed by atoms with Crippen LogP contribution >= 0.6 is 11.3 Å². The van der Waals surface area contributed by atoms with E-state index in [9.17, 15) is 0 Å². The standard InChI is InChI=1S/C6H8S.CH5N/c1-2-6-4-3-5-7-6;1-2/h3-5H,2H2,1H3;2H2,1H3. The van der Waals surface area contributed by atoms with Crippen LogP contribution in [0.25, 0.3) is 0 Å². The molecule has 2 heteroatoms. The minimum Gasteiger partial charge on any atom is -0.333 e. The Balaban J connectivity index is 0.000000291. The summed E-state index contributed by atoms with van der Waals surface area (Å²) in [6, 6.07) is 4.24. The number of hydrogen-bond acceptors (Lipinski definition) is 2. The van der Waals surface area contributed by atoms with E-state index in [-0.39, 0.29) is 0 Å². The summed E-state index contributed by atoms with van der Waals surface area (Å²) in [5.41, 5.74) is 4.50. The van der Waals surface area contributed by atoms with E-state index in [1.54, 1.807) is 0 Å². The molecule has 0 aliphatic rings. The third kappa shape index (κ3) is 3.27. The average molecular weight is 143 g/mol. The molecular weight excluding hydrogens is 130 g/mol. The Morgan fingerprint density at radius 3 is 2.44 bits per heavy atom. The van der Waals surface area contributed by atoms with Gasteiger partial charge in [-0.15, -0.1) is 11.3 Å². The van der Waals surface area contributed by atoms with Crippen molar-refractivity contribution in [1.82, 2.24) is 0 Å². The molecule has 0 fully saturated rings. The molecule has 0 atom stereocenters. The first kappa shape index (κ1) is 8.66. The normalized spacial score (nSPS) is 7.89. The highest BCUT2D eigenvalue weighted by Crippen LogP contribution is 2.07. The van der Waals surface area contributed by atoms with Crippen molar-refractivity contribution in [1.29, 1.82) is 0 Å². The average Bonchev–Trinajstić information content (AvgIpc) is 2.43. The second-order valence-electron chi connectivity index (χ2n) is 1.43. The van der Waals surface area contributed by atoms with Gasteiger partial charge in [0.05, 0.1) is 0 Å². The highest BCUT2D eigenvalue weighted by atomic mass is 32.1. The molecule has 9 heavy (non-hydrogen) atoms. The summed E-state index contributed by atoms with van der Waals surface area (Å²) in [5.74, 6) is 0. The van der Waals surface area contributed by atoms with Gasteiger partial charge in [-0.3, -0.25) is 0 Å². The molecule has 0 amide bonds. The Morgan fingerprint density at radius 2 is 2.22 bits per heavy atom. The van der Waals surface area contributed by atoms with E-state index in [1.165, 1.54) is 18.3 Å². The maximum Gasteiger partial charge on any atom is 0.00424 e. The van der Waals surface area contributed by atoms with E-state index >= 15 is 0 Å². The maximum atomic E-state index is 4.50. The Kier molecular flexibility index (Phi) is 5.57. The van der Waals surface area contributed by atoms with Gasteiger partial charge < -0.3 is 5.73 Å². The third-order valence-corrected chi connectivity index (χ3v) is 1.95. The zero-order valence-corrected chi connectivity index (χ0v) is 6.74. The predicted molar refractivity (Wildman–Crippen MR) is 43.8 cm³/mol. The van der Waals surface area contributed by atoms with Gasteiger partial charge in [0.15, 0.2) is 0 Å². The highest BCUT2D eigenvalue weighted by molar-refractivity contribution is 7.09. The molecule has 0 unspecified atom stereocenters. The SMILES string of the molecule is CCc1cccs1.CN. The lowest BCUT2D eigenvalue weighted by molar-refractivity contribution is 1.19. The van der Waals surface area contributed by atoms with E-state index in [4.69, 9.17) is 0 Å². The number of hydrogen-bond donors (Lipinski definition) is 1. The molecule has 1 aromatic rings. The van der Waals surface area contributed by atoms with Crippen LogP contribution in [0.15, 0.2) is 17.5 Å². The predicted octanol–water partition coefficient (Wildman–Crippen LogP) is 1.89. The van der Waals surface area contributed by atoms with E-state index in [2.05, 4.69) is 30.2 Å². The molecule has 0 radical (unpaired) electrons. The van der Waals surface area contributed by atoms with Gasteiger partial charge in [-0.1, -0.05) is 13.0 Å². The Morgan fingerprint density at radius 1 is 1.56 bits per heavy atom. The molecule has 1 rings (SSSR count). The number of thiophene rings is 1. The quantitative estimate of drug-likeness (QED) is 0.638. The van der Waals surface area contributed by atoms with Crippen LogP contribution in [0.3, 0.4) is 0 Å². The van der Waals surface area contributed by atoms with Crippen molar-refractivity contribution < 1.29 is 0 Å². The summed E-state index contributed by atoms with van der Waals surface area (Å²) in [7, 11) is 1.50. The Labute approximate surface area is 60.5 Å². The minimum absolute atomic E-state index is 1.18. The summed E-state index contributed by atoms with van der Waals surface area (Å²) < 4.78 is 0. The molecule has 0 aliphatic carbocycles. The summed E-state index contributed by atoms with van der Waals surface area (Å²) in [4.78, 5) is 1.47. The van der Waals surface area contributed by atoms with Crippen LogP contribution in [0, 0.1) is 0 Å². The number of nitrogens with two attached hydrogens (primary N) is 1. The zero-order chi connectivity index (χ0) is 7.11. The molecule has 0 saturated heterocycles. The van der Waals surface area contributed by atoms with Crippen molar-refractivity contribution in [3.8, 4) is 0 Å². The minimum atomic E-state index is 1.18. The molecular formula is C7H13NS. The Bertz CT molecular complexity index is 123. The van der Waals surface area contributed by atoms with Gasteiger partial charge in [-0.2, -0.15) is 0 Å². The lowest BCUT2D eigenvalue weighted by Gasteiger charge is -1.78. The van der Waals surface area contributed by atoms with Crippen molar-refractivity contribution in [3.05, 3.63) is 22.4 Å². The van der Waals surface area contributed by atoms with E-state index in [0.29, 0.717) is 0 Å². The molecule has 0 bridgehead atoms.